The lowest BCUT2D eigenvalue weighted by Gasteiger charge is -2.06. The maximum atomic E-state index is 12.4. The van der Waals surface area contributed by atoms with Crippen LogP contribution in [0.4, 0.5) is 0 Å². The van der Waals surface area contributed by atoms with Crippen LogP contribution in [0.1, 0.15) is 16.1 Å². The predicted octanol–water partition coefficient (Wildman–Crippen LogP) is 0.469. The molecule has 2 heterocycles. The average molecular weight is 347 g/mol. The lowest BCUT2D eigenvalue weighted by Crippen LogP contribution is -2.40. The number of benzene rings is 1. The fourth-order valence-electron chi connectivity index (χ4n) is 2.16. The van der Waals surface area contributed by atoms with Crippen molar-refractivity contribution in [2.75, 3.05) is 6.54 Å². The monoisotopic (exact) mass is 347 g/mol. The molecule has 2 amide bonds. The fourth-order valence-corrected chi connectivity index (χ4v) is 3.54. The number of carbonyl (C=O) groups is 2. The van der Waals surface area contributed by atoms with Crippen molar-refractivity contribution in [2.45, 2.75) is 10.6 Å². The van der Waals surface area contributed by atoms with Gasteiger partial charge < -0.3 is 4.42 Å². The van der Waals surface area contributed by atoms with Crippen molar-refractivity contribution < 1.29 is 22.4 Å². The van der Waals surface area contributed by atoms with Gasteiger partial charge in [0.15, 0.2) is 15.6 Å². The highest BCUT2D eigenvalue weighted by atomic mass is 32.2. The van der Waals surface area contributed by atoms with Crippen LogP contribution in [0.3, 0.4) is 0 Å². The molecule has 0 spiro atoms. The van der Waals surface area contributed by atoms with Crippen molar-refractivity contribution in [1.29, 1.82) is 0 Å². The minimum atomic E-state index is -3.62. The van der Waals surface area contributed by atoms with E-state index in [1.54, 1.807) is 18.2 Å². The number of hydrogen-bond acceptors (Lipinski definition) is 6. The Morgan fingerprint density at radius 3 is 2.67 bits per heavy atom. The molecule has 0 saturated carbocycles. The number of sulfone groups is 1. The minimum Gasteiger partial charge on any atom is -0.459 e. The lowest BCUT2D eigenvalue weighted by molar-refractivity contribution is -0.117. The van der Waals surface area contributed by atoms with Gasteiger partial charge in [-0.15, -0.1) is 0 Å². The molecule has 24 heavy (non-hydrogen) atoms. The van der Waals surface area contributed by atoms with E-state index in [1.165, 1.54) is 24.5 Å². The number of nitrogens with zero attached hydrogens (tertiary/aromatic N) is 1. The van der Waals surface area contributed by atoms with Crippen LogP contribution in [0.25, 0.3) is 0 Å². The van der Waals surface area contributed by atoms with Gasteiger partial charge in [-0.25, -0.2) is 13.4 Å². The van der Waals surface area contributed by atoms with Crippen LogP contribution in [0, 0.1) is 0 Å². The molecule has 3 rings (SSSR count). The predicted molar refractivity (Wildman–Crippen MR) is 84.0 cm³/mol. The standard InChI is InChI=1S/C15H13N3O5S/c19-12-8-16-15(17-12)18-14(20)13-10(6-7-23-13)9-24(21,22)11-4-2-1-3-5-11/h1-7H,8-9H2,(H2,16,17,18,19,20). The summed E-state index contributed by atoms with van der Waals surface area (Å²) in [6, 6.07) is 9.35. The zero-order valence-electron chi connectivity index (χ0n) is 12.4. The molecule has 2 aromatic rings. The fraction of sp³-hybridized carbons (Fsp3) is 0.133. The van der Waals surface area contributed by atoms with Gasteiger partial charge in [0.2, 0.25) is 11.9 Å². The molecule has 8 nitrogen and oxygen atoms in total. The van der Waals surface area contributed by atoms with Crippen LogP contribution in [-0.4, -0.2) is 32.7 Å². The summed E-state index contributed by atoms with van der Waals surface area (Å²) in [5.41, 5.74) is 0.223. The van der Waals surface area contributed by atoms with Crippen LogP contribution >= 0.6 is 0 Å². The lowest BCUT2D eigenvalue weighted by atomic mass is 10.2. The van der Waals surface area contributed by atoms with Crippen molar-refractivity contribution in [3.8, 4) is 0 Å². The van der Waals surface area contributed by atoms with Crippen LogP contribution in [-0.2, 0) is 20.4 Å². The number of nitrogens with one attached hydrogen (secondary N) is 2. The summed E-state index contributed by atoms with van der Waals surface area (Å²) in [4.78, 5) is 27.2. The highest BCUT2D eigenvalue weighted by Crippen LogP contribution is 2.19. The summed E-state index contributed by atoms with van der Waals surface area (Å²) in [5, 5.41) is 4.73. The van der Waals surface area contributed by atoms with Crippen molar-refractivity contribution in [3.05, 3.63) is 54.0 Å². The zero-order valence-corrected chi connectivity index (χ0v) is 13.2. The Labute approximate surface area is 137 Å². The smallest absolute Gasteiger partial charge is 0.293 e. The number of amides is 2. The number of rotatable bonds is 4. The molecule has 0 fully saturated rings. The summed E-state index contributed by atoms with van der Waals surface area (Å²) in [5.74, 6) is -1.53. The Balaban J connectivity index is 1.78. The van der Waals surface area contributed by atoms with Crippen molar-refractivity contribution >= 4 is 27.6 Å². The highest BCUT2D eigenvalue weighted by Gasteiger charge is 2.24. The first-order valence-electron chi connectivity index (χ1n) is 6.95. The van der Waals surface area contributed by atoms with Gasteiger partial charge in [0.05, 0.1) is 16.9 Å². The number of aliphatic imine (C=N–C) groups is 1. The second-order valence-corrected chi connectivity index (χ2v) is 7.00. The second kappa shape index (κ2) is 6.28. The van der Waals surface area contributed by atoms with E-state index in [4.69, 9.17) is 4.42 Å². The molecule has 1 aliphatic rings. The number of guanidine groups is 1. The van der Waals surface area contributed by atoms with E-state index < -0.39 is 15.7 Å². The maximum Gasteiger partial charge on any atom is 0.293 e. The number of furan rings is 1. The van der Waals surface area contributed by atoms with Crippen LogP contribution in [0.15, 0.2) is 57.0 Å². The first-order chi connectivity index (χ1) is 11.5. The number of hydrogen-bond donors (Lipinski definition) is 2. The van der Waals surface area contributed by atoms with Gasteiger partial charge in [-0.05, 0) is 18.2 Å². The van der Waals surface area contributed by atoms with Gasteiger partial charge in [0, 0.05) is 5.56 Å². The molecule has 0 aliphatic carbocycles. The third-order valence-electron chi connectivity index (χ3n) is 3.27. The minimum absolute atomic E-state index is 0.0123. The Morgan fingerprint density at radius 1 is 1.25 bits per heavy atom. The molecule has 2 N–H and O–H groups in total. The van der Waals surface area contributed by atoms with E-state index >= 15 is 0 Å². The molecular formula is C15H13N3O5S. The second-order valence-electron chi connectivity index (χ2n) is 5.01. The molecule has 0 atom stereocenters. The van der Waals surface area contributed by atoms with Gasteiger partial charge in [0.25, 0.3) is 5.91 Å². The molecule has 1 aromatic carbocycles. The van der Waals surface area contributed by atoms with E-state index in [0.29, 0.717) is 0 Å². The molecule has 1 aromatic heterocycles. The normalized spacial score (nSPS) is 14.2. The molecule has 124 valence electrons. The molecule has 0 unspecified atom stereocenters. The van der Waals surface area contributed by atoms with Gasteiger partial charge in [-0.2, -0.15) is 0 Å². The summed E-state index contributed by atoms with van der Waals surface area (Å²) in [6.07, 6.45) is 1.24. The van der Waals surface area contributed by atoms with Gasteiger partial charge in [0.1, 0.15) is 6.54 Å². The highest BCUT2D eigenvalue weighted by molar-refractivity contribution is 7.90. The Morgan fingerprint density at radius 2 is 2.00 bits per heavy atom. The third kappa shape index (κ3) is 3.35. The summed E-state index contributed by atoms with van der Waals surface area (Å²) >= 11 is 0. The largest absolute Gasteiger partial charge is 0.459 e. The van der Waals surface area contributed by atoms with Crippen molar-refractivity contribution in [1.82, 2.24) is 10.6 Å². The number of carbonyl (C=O) groups excluding carboxylic acids is 2. The summed E-state index contributed by atoms with van der Waals surface area (Å²) < 4.78 is 29.9. The Hall–Kier alpha value is -2.94. The van der Waals surface area contributed by atoms with Gasteiger partial charge >= 0.3 is 0 Å². The third-order valence-corrected chi connectivity index (χ3v) is 4.95. The quantitative estimate of drug-likeness (QED) is 0.833. The van der Waals surface area contributed by atoms with Crippen molar-refractivity contribution in [3.63, 3.8) is 0 Å². The van der Waals surface area contributed by atoms with E-state index in [0.717, 1.165) is 0 Å². The Kier molecular flexibility index (Phi) is 4.17. The Bertz CT molecular complexity index is 916. The summed E-state index contributed by atoms with van der Waals surface area (Å²) in [7, 11) is -3.62. The van der Waals surface area contributed by atoms with E-state index in [-0.39, 0.29) is 40.4 Å². The molecule has 9 heteroatoms. The molecule has 1 aliphatic heterocycles. The van der Waals surface area contributed by atoms with Gasteiger partial charge in [-0.1, -0.05) is 18.2 Å². The summed E-state index contributed by atoms with van der Waals surface area (Å²) in [6.45, 7) is -0.0665. The zero-order chi connectivity index (χ0) is 17.2. The van der Waals surface area contributed by atoms with Gasteiger partial charge in [-0.3, -0.25) is 20.2 Å². The van der Waals surface area contributed by atoms with Crippen molar-refractivity contribution in [2.24, 2.45) is 4.99 Å². The topological polar surface area (TPSA) is 118 Å². The first kappa shape index (κ1) is 15.9. The van der Waals surface area contributed by atoms with E-state index in [9.17, 15) is 18.0 Å². The maximum absolute atomic E-state index is 12.4. The molecule has 0 bridgehead atoms. The average Bonchev–Trinajstić information content (AvgIpc) is 3.17. The van der Waals surface area contributed by atoms with Crippen LogP contribution in [0.2, 0.25) is 0 Å². The molecule has 0 saturated heterocycles. The SMILES string of the molecule is O=C1CN=C(NC(=O)c2occc2CS(=O)(=O)c2ccccc2)N1. The molecule has 0 radical (unpaired) electrons. The van der Waals surface area contributed by atoms with Crippen LogP contribution in [0.5, 0.6) is 0 Å². The van der Waals surface area contributed by atoms with Crippen LogP contribution < -0.4 is 10.6 Å². The van der Waals surface area contributed by atoms with E-state index in [2.05, 4.69) is 15.6 Å². The first-order valence-corrected chi connectivity index (χ1v) is 8.61. The molecular weight excluding hydrogens is 334 g/mol. The van der Waals surface area contributed by atoms with E-state index in [1.807, 2.05) is 0 Å².